The largest absolute Gasteiger partial charge is 0.493 e. The molecule has 0 fully saturated rings. The molecule has 0 radical (unpaired) electrons. The maximum Gasteiger partial charge on any atom is 0.264 e. The van der Waals surface area contributed by atoms with Crippen molar-refractivity contribution in [3.63, 3.8) is 0 Å². The number of aryl methyl sites for hydroxylation is 1. The fourth-order valence-corrected chi connectivity index (χ4v) is 5.60. The van der Waals surface area contributed by atoms with E-state index < -0.39 is 22.5 Å². The Bertz CT molecular complexity index is 1420. The van der Waals surface area contributed by atoms with Crippen molar-refractivity contribution in [1.82, 2.24) is 9.88 Å². The first-order valence-electron chi connectivity index (χ1n) is 12.0. The number of aliphatic hydroxyl groups excluding tert-OH is 1. The van der Waals surface area contributed by atoms with Gasteiger partial charge in [0.15, 0.2) is 11.5 Å². The molecule has 1 N–H and O–H groups in total. The van der Waals surface area contributed by atoms with Crippen molar-refractivity contribution in [2.75, 3.05) is 57.2 Å². The number of aromatic nitrogens is 1. The van der Waals surface area contributed by atoms with Gasteiger partial charge in [-0.25, -0.2) is 8.42 Å². The van der Waals surface area contributed by atoms with Crippen molar-refractivity contribution < 1.29 is 27.8 Å². The Labute approximate surface area is 234 Å². The third kappa shape index (κ3) is 7.11. The van der Waals surface area contributed by atoms with Gasteiger partial charge in [0.05, 0.1) is 48.7 Å². The average Bonchev–Trinajstić information content (AvgIpc) is 2.91. The van der Waals surface area contributed by atoms with Gasteiger partial charge in [-0.2, -0.15) is 0 Å². The minimum atomic E-state index is -4.33. The molecular formula is C27H33ClN4O6S. The molecule has 3 aromatic rings. The topological polar surface area (TPSA) is 113 Å². The summed E-state index contributed by atoms with van der Waals surface area (Å²) in [5.74, 6) is 0.0274. The molecule has 0 aliphatic heterocycles. The number of carbonyl (C=O) groups excluding carboxylic acids is 1. The van der Waals surface area contributed by atoms with Gasteiger partial charge in [0, 0.05) is 38.1 Å². The summed E-state index contributed by atoms with van der Waals surface area (Å²) in [6.07, 6.45) is 0. The molecule has 1 aromatic heterocycles. The molecule has 0 aliphatic rings. The summed E-state index contributed by atoms with van der Waals surface area (Å²) in [6.45, 7) is 1.04. The summed E-state index contributed by atoms with van der Waals surface area (Å²) in [5, 5.41) is 9.80. The first kappa shape index (κ1) is 30.0. The number of rotatable bonds is 12. The normalized spacial score (nSPS) is 11.2. The molecule has 1 amide bonds. The number of methoxy groups -OCH3 is 2. The standard InChI is InChI=1S/C27H33ClN4O6S/c1-19-7-6-8-20(29-19)17-31(13-14-33)27(34)18-32(24-15-21(30(2)3)9-11-23(24)28)39(35,36)22-10-12-25(37-4)26(16-22)38-5/h6-12,15-16,33H,13-14,17-18H2,1-5H3. The van der Waals surface area contributed by atoms with Crippen molar-refractivity contribution in [3.05, 3.63) is 71.0 Å². The van der Waals surface area contributed by atoms with Crippen molar-refractivity contribution in [2.24, 2.45) is 0 Å². The molecule has 210 valence electrons. The molecule has 0 saturated carbocycles. The Hall–Kier alpha value is -3.54. The molecule has 0 aliphatic carbocycles. The Morgan fingerprint density at radius 2 is 1.74 bits per heavy atom. The van der Waals surface area contributed by atoms with Crippen LogP contribution >= 0.6 is 11.6 Å². The second kappa shape index (κ2) is 13.0. The zero-order valence-electron chi connectivity index (χ0n) is 22.6. The monoisotopic (exact) mass is 576 g/mol. The van der Waals surface area contributed by atoms with E-state index in [2.05, 4.69) is 4.98 Å². The highest BCUT2D eigenvalue weighted by atomic mass is 35.5. The smallest absolute Gasteiger partial charge is 0.264 e. The highest BCUT2D eigenvalue weighted by Gasteiger charge is 2.31. The summed E-state index contributed by atoms with van der Waals surface area (Å²) >= 11 is 6.52. The van der Waals surface area contributed by atoms with Gasteiger partial charge in [0.25, 0.3) is 10.0 Å². The van der Waals surface area contributed by atoms with Crippen LogP contribution < -0.4 is 18.7 Å². The number of ether oxygens (including phenoxy) is 2. The van der Waals surface area contributed by atoms with Crippen LogP contribution in [0.2, 0.25) is 5.02 Å². The average molecular weight is 577 g/mol. The van der Waals surface area contributed by atoms with Crippen LogP contribution in [-0.2, 0) is 21.4 Å². The van der Waals surface area contributed by atoms with Gasteiger partial charge in [0.2, 0.25) is 5.91 Å². The molecule has 12 heteroatoms. The van der Waals surface area contributed by atoms with Crippen LogP contribution in [0.1, 0.15) is 11.4 Å². The van der Waals surface area contributed by atoms with Gasteiger partial charge >= 0.3 is 0 Å². The van der Waals surface area contributed by atoms with Crippen LogP contribution in [0.5, 0.6) is 11.5 Å². The van der Waals surface area contributed by atoms with Crippen LogP contribution in [0.15, 0.2) is 59.5 Å². The first-order chi connectivity index (χ1) is 18.5. The lowest BCUT2D eigenvalue weighted by atomic mass is 10.2. The number of aliphatic hydroxyl groups is 1. The van der Waals surface area contributed by atoms with Crippen LogP contribution in [0, 0.1) is 6.92 Å². The van der Waals surface area contributed by atoms with Gasteiger partial charge in [-0.3, -0.25) is 14.1 Å². The van der Waals surface area contributed by atoms with E-state index in [1.165, 1.54) is 37.3 Å². The Kier molecular flexibility index (Phi) is 10.0. The summed E-state index contributed by atoms with van der Waals surface area (Å²) in [7, 11) is 2.14. The lowest BCUT2D eigenvalue weighted by molar-refractivity contribution is -0.130. The maximum absolute atomic E-state index is 14.1. The van der Waals surface area contributed by atoms with E-state index in [1.54, 1.807) is 29.2 Å². The van der Waals surface area contributed by atoms with Gasteiger partial charge in [-0.1, -0.05) is 17.7 Å². The molecule has 2 aromatic carbocycles. The van der Waals surface area contributed by atoms with Gasteiger partial charge in [0.1, 0.15) is 6.54 Å². The molecular weight excluding hydrogens is 544 g/mol. The SMILES string of the molecule is COc1ccc(S(=O)(=O)N(CC(=O)N(CCO)Cc2cccc(C)n2)c2cc(N(C)C)ccc2Cl)cc1OC. The second-order valence-corrected chi connectivity index (χ2v) is 11.1. The van der Waals surface area contributed by atoms with Crippen molar-refractivity contribution >= 4 is 38.9 Å². The van der Waals surface area contributed by atoms with Crippen molar-refractivity contribution in [3.8, 4) is 11.5 Å². The van der Waals surface area contributed by atoms with Crippen LogP contribution in [0.4, 0.5) is 11.4 Å². The van der Waals surface area contributed by atoms with Crippen LogP contribution in [-0.4, -0.2) is 77.3 Å². The highest BCUT2D eigenvalue weighted by Crippen LogP contribution is 2.36. The van der Waals surface area contributed by atoms with E-state index >= 15 is 0 Å². The Balaban J connectivity index is 2.10. The maximum atomic E-state index is 14.1. The number of carbonyl (C=O) groups is 1. The van der Waals surface area contributed by atoms with Crippen LogP contribution in [0.25, 0.3) is 0 Å². The second-order valence-electron chi connectivity index (χ2n) is 8.87. The van der Waals surface area contributed by atoms with E-state index in [0.717, 1.165) is 10.00 Å². The Morgan fingerprint density at radius 1 is 1.03 bits per heavy atom. The molecule has 0 spiro atoms. The third-order valence-electron chi connectivity index (χ3n) is 5.96. The summed E-state index contributed by atoms with van der Waals surface area (Å²) in [5.41, 5.74) is 2.20. The first-order valence-corrected chi connectivity index (χ1v) is 13.9. The molecule has 39 heavy (non-hydrogen) atoms. The lowest BCUT2D eigenvalue weighted by Gasteiger charge is -2.29. The molecule has 0 unspecified atom stereocenters. The van der Waals surface area contributed by atoms with Gasteiger partial charge in [-0.05, 0) is 49.4 Å². The number of hydrogen-bond donors (Lipinski definition) is 1. The lowest BCUT2D eigenvalue weighted by Crippen LogP contribution is -2.44. The number of pyridine rings is 1. The quantitative estimate of drug-likeness (QED) is 0.349. The van der Waals surface area contributed by atoms with Crippen LogP contribution in [0.3, 0.4) is 0 Å². The van der Waals surface area contributed by atoms with Crippen molar-refractivity contribution in [1.29, 1.82) is 0 Å². The predicted octanol–water partition coefficient (Wildman–Crippen LogP) is 3.34. The fraction of sp³-hybridized carbons (Fsp3) is 0.333. The van der Waals surface area contributed by atoms with E-state index in [0.29, 0.717) is 17.1 Å². The van der Waals surface area contributed by atoms with E-state index in [-0.39, 0.29) is 41.1 Å². The summed E-state index contributed by atoms with van der Waals surface area (Å²) in [4.78, 5) is 21.1. The number of nitrogens with zero attached hydrogens (tertiary/aromatic N) is 4. The number of halogens is 1. The van der Waals surface area contributed by atoms with E-state index in [9.17, 15) is 18.3 Å². The molecule has 0 bridgehead atoms. The number of hydrogen-bond acceptors (Lipinski definition) is 8. The molecule has 0 atom stereocenters. The zero-order valence-corrected chi connectivity index (χ0v) is 24.2. The third-order valence-corrected chi connectivity index (χ3v) is 8.03. The zero-order chi connectivity index (χ0) is 28.7. The van der Waals surface area contributed by atoms with E-state index in [1.807, 2.05) is 33.2 Å². The number of anilines is 2. The Morgan fingerprint density at radius 3 is 2.36 bits per heavy atom. The minimum Gasteiger partial charge on any atom is -0.493 e. The molecule has 10 nitrogen and oxygen atoms in total. The van der Waals surface area contributed by atoms with Gasteiger partial charge in [-0.15, -0.1) is 0 Å². The number of benzene rings is 2. The fourth-order valence-electron chi connectivity index (χ4n) is 3.89. The molecule has 0 saturated heterocycles. The van der Waals surface area contributed by atoms with E-state index in [4.69, 9.17) is 21.1 Å². The molecule has 3 rings (SSSR count). The van der Waals surface area contributed by atoms with Gasteiger partial charge < -0.3 is 24.4 Å². The summed E-state index contributed by atoms with van der Waals surface area (Å²) < 4.78 is 39.7. The highest BCUT2D eigenvalue weighted by molar-refractivity contribution is 7.92. The number of amides is 1. The number of sulfonamides is 1. The van der Waals surface area contributed by atoms with Crippen molar-refractivity contribution in [2.45, 2.75) is 18.4 Å². The summed E-state index contributed by atoms with van der Waals surface area (Å²) in [6, 6.07) is 14.5. The molecule has 1 heterocycles. The minimum absolute atomic E-state index is 0.00975. The predicted molar refractivity (Wildman–Crippen MR) is 151 cm³/mol.